The first-order valence-corrected chi connectivity index (χ1v) is 6.91. The van der Waals surface area contributed by atoms with E-state index >= 15 is 0 Å². The molecule has 1 fully saturated rings. The summed E-state index contributed by atoms with van der Waals surface area (Å²) in [6, 6.07) is 5.74. The minimum Gasteiger partial charge on any atom is -0.0891 e. The second kappa shape index (κ2) is 5.07. The second-order valence-electron chi connectivity index (χ2n) is 4.18. The van der Waals surface area contributed by atoms with Gasteiger partial charge in [-0.25, -0.2) is 0 Å². The van der Waals surface area contributed by atoms with Gasteiger partial charge < -0.3 is 0 Å². The van der Waals surface area contributed by atoms with E-state index in [1.807, 2.05) is 18.2 Å². The monoisotopic (exact) mass is 306 g/mol. The molecular formula is C12H13BrCl2. The minimum absolute atomic E-state index is 0.684. The van der Waals surface area contributed by atoms with Gasteiger partial charge in [0.15, 0.2) is 0 Å². The van der Waals surface area contributed by atoms with Crippen molar-refractivity contribution in [2.24, 2.45) is 5.92 Å². The van der Waals surface area contributed by atoms with E-state index in [9.17, 15) is 0 Å². The Kier molecular flexibility index (Phi) is 3.98. The first-order valence-electron chi connectivity index (χ1n) is 5.23. The van der Waals surface area contributed by atoms with Crippen LogP contribution < -0.4 is 0 Å². The quantitative estimate of drug-likeness (QED) is 0.667. The summed E-state index contributed by atoms with van der Waals surface area (Å²) in [5.41, 5.74) is 1.12. The standard InChI is InChI=1S/C12H13BrCl2/c13-9-5-4-8(6-9)7-10-11(14)2-1-3-12(10)15/h1-3,8-9H,4-7H2. The summed E-state index contributed by atoms with van der Waals surface area (Å²) in [5, 5.41) is 1.61. The molecule has 0 spiro atoms. The fraction of sp³-hybridized carbons (Fsp3) is 0.500. The number of halogens is 3. The van der Waals surface area contributed by atoms with Crippen molar-refractivity contribution >= 4 is 39.1 Å². The van der Waals surface area contributed by atoms with E-state index in [-0.39, 0.29) is 0 Å². The summed E-state index contributed by atoms with van der Waals surface area (Å²) in [7, 11) is 0. The smallest absolute Gasteiger partial charge is 0.0452 e. The molecule has 0 radical (unpaired) electrons. The average Bonchev–Trinajstić information content (AvgIpc) is 2.58. The Morgan fingerprint density at radius 1 is 1.20 bits per heavy atom. The molecule has 0 nitrogen and oxygen atoms in total. The first-order chi connectivity index (χ1) is 7.16. The molecule has 1 aromatic rings. The molecule has 0 aliphatic heterocycles. The topological polar surface area (TPSA) is 0 Å². The predicted octanol–water partition coefficient (Wildman–Crippen LogP) is 5.10. The van der Waals surface area contributed by atoms with Crippen molar-refractivity contribution in [2.75, 3.05) is 0 Å². The van der Waals surface area contributed by atoms with E-state index < -0.39 is 0 Å². The molecule has 1 saturated carbocycles. The van der Waals surface area contributed by atoms with E-state index in [2.05, 4.69) is 15.9 Å². The third-order valence-electron chi connectivity index (χ3n) is 3.03. The molecule has 0 N–H and O–H groups in total. The lowest BCUT2D eigenvalue weighted by Crippen LogP contribution is -2.01. The van der Waals surface area contributed by atoms with Crippen LogP contribution in [0, 0.1) is 5.92 Å². The van der Waals surface area contributed by atoms with Crippen LogP contribution in [0.4, 0.5) is 0 Å². The van der Waals surface area contributed by atoms with Crippen LogP contribution in [0.1, 0.15) is 24.8 Å². The van der Waals surface area contributed by atoms with Crippen LogP contribution in [0.25, 0.3) is 0 Å². The molecule has 0 bridgehead atoms. The number of alkyl halides is 1. The van der Waals surface area contributed by atoms with Gasteiger partial charge >= 0.3 is 0 Å². The Morgan fingerprint density at radius 2 is 1.87 bits per heavy atom. The summed E-state index contributed by atoms with van der Waals surface area (Å²) < 4.78 is 0. The molecule has 0 heterocycles. The Morgan fingerprint density at radius 3 is 2.40 bits per heavy atom. The molecule has 2 atom stereocenters. The maximum Gasteiger partial charge on any atom is 0.0452 e. The number of rotatable bonds is 2. The Bertz CT molecular complexity index is 331. The van der Waals surface area contributed by atoms with Crippen molar-refractivity contribution in [2.45, 2.75) is 30.5 Å². The maximum absolute atomic E-state index is 6.15. The van der Waals surface area contributed by atoms with Gasteiger partial charge in [-0.1, -0.05) is 45.2 Å². The summed E-state index contributed by atoms with van der Waals surface area (Å²) in [6.07, 6.45) is 4.80. The fourth-order valence-electron chi connectivity index (χ4n) is 2.22. The summed E-state index contributed by atoms with van der Waals surface area (Å²) in [4.78, 5) is 0.684. The normalized spacial score (nSPS) is 25.8. The third-order valence-corrected chi connectivity index (χ3v) is 4.57. The molecule has 15 heavy (non-hydrogen) atoms. The van der Waals surface area contributed by atoms with Crippen molar-refractivity contribution in [1.29, 1.82) is 0 Å². The van der Waals surface area contributed by atoms with Gasteiger partial charge in [-0.2, -0.15) is 0 Å². The van der Waals surface area contributed by atoms with E-state index in [4.69, 9.17) is 23.2 Å². The zero-order valence-corrected chi connectivity index (χ0v) is 11.4. The van der Waals surface area contributed by atoms with Crippen molar-refractivity contribution in [3.8, 4) is 0 Å². The zero-order valence-electron chi connectivity index (χ0n) is 8.35. The third kappa shape index (κ3) is 2.89. The lowest BCUT2D eigenvalue weighted by Gasteiger charge is -2.12. The fourth-order valence-corrected chi connectivity index (χ4v) is 3.56. The molecule has 2 rings (SSSR count). The highest BCUT2D eigenvalue weighted by Gasteiger charge is 2.23. The van der Waals surface area contributed by atoms with Crippen LogP contribution in [0.5, 0.6) is 0 Å². The molecule has 1 aliphatic rings. The van der Waals surface area contributed by atoms with Crippen molar-refractivity contribution in [1.82, 2.24) is 0 Å². The lowest BCUT2D eigenvalue weighted by atomic mass is 9.98. The van der Waals surface area contributed by atoms with Gasteiger partial charge in [-0.3, -0.25) is 0 Å². The van der Waals surface area contributed by atoms with Crippen LogP contribution in [0.2, 0.25) is 10.0 Å². The molecular weight excluding hydrogens is 295 g/mol. The predicted molar refractivity (Wildman–Crippen MR) is 70.2 cm³/mol. The summed E-state index contributed by atoms with van der Waals surface area (Å²) in [5.74, 6) is 0.728. The lowest BCUT2D eigenvalue weighted by molar-refractivity contribution is 0.548. The van der Waals surface area contributed by atoms with E-state index in [0.717, 1.165) is 27.9 Å². The van der Waals surface area contributed by atoms with Gasteiger partial charge in [0, 0.05) is 14.9 Å². The van der Waals surface area contributed by atoms with Crippen molar-refractivity contribution in [3.63, 3.8) is 0 Å². The van der Waals surface area contributed by atoms with Gasteiger partial charge in [-0.15, -0.1) is 0 Å². The molecule has 0 saturated heterocycles. The maximum atomic E-state index is 6.15. The highest BCUT2D eigenvalue weighted by Crippen LogP contribution is 2.36. The number of benzene rings is 1. The summed E-state index contributed by atoms with van der Waals surface area (Å²) in [6.45, 7) is 0. The van der Waals surface area contributed by atoms with Crippen LogP contribution in [0.3, 0.4) is 0 Å². The molecule has 3 heteroatoms. The highest BCUT2D eigenvalue weighted by atomic mass is 79.9. The number of hydrogen-bond acceptors (Lipinski definition) is 0. The summed E-state index contributed by atoms with van der Waals surface area (Å²) >= 11 is 16.0. The molecule has 82 valence electrons. The van der Waals surface area contributed by atoms with Gasteiger partial charge in [-0.05, 0) is 49.3 Å². The van der Waals surface area contributed by atoms with Gasteiger partial charge in [0.2, 0.25) is 0 Å². The van der Waals surface area contributed by atoms with Crippen molar-refractivity contribution < 1.29 is 0 Å². The van der Waals surface area contributed by atoms with Gasteiger partial charge in [0.25, 0.3) is 0 Å². The van der Waals surface area contributed by atoms with Crippen LogP contribution in [0.15, 0.2) is 18.2 Å². The zero-order chi connectivity index (χ0) is 10.8. The second-order valence-corrected chi connectivity index (χ2v) is 6.29. The van der Waals surface area contributed by atoms with Crippen LogP contribution >= 0.6 is 39.1 Å². The molecule has 1 aromatic carbocycles. The number of hydrogen-bond donors (Lipinski definition) is 0. The van der Waals surface area contributed by atoms with E-state index in [0.29, 0.717) is 4.83 Å². The largest absolute Gasteiger partial charge is 0.0891 e. The molecule has 0 aromatic heterocycles. The first kappa shape index (κ1) is 11.8. The van der Waals surface area contributed by atoms with E-state index in [1.54, 1.807) is 0 Å². The highest BCUT2D eigenvalue weighted by molar-refractivity contribution is 9.09. The van der Waals surface area contributed by atoms with Gasteiger partial charge in [0.05, 0.1) is 0 Å². The van der Waals surface area contributed by atoms with Gasteiger partial charge in [0.1, 0.15) is 0 Å². The molecule has 2 unspecified atom stereocenters. The van der Waals surface area contributed by atoms with Crippen LogP contribution in [-0.4, -0.2) is 4.83 Å². The van der Waals surface area contributed by atoms with E-state index in [1.165, 1.54) is 19.3 Å². The molecule has 0 amide bonds. The average molecular weight is 308 g/mol. The van der Waals surface area contributed by atoms with Crippen LogP contribution in [-0.2, 0) is 6.42 Å². The Balaban J connectivity index is 2.10. The Hall–Kier alpha value is 0.280. The molecule has 1 aliphatic carbocycles. The Labute approximate surface area is 109 Å². The SMILES string of the molecule is Clc1cccc(Cl)c1CC1CCC(Br)C1. The minimum atomic E-state index is 0.684. The van der Waals surface area contributed by atoms with Crippen molar-refractivity contribution in [3.05, 3.63) is 33.8 Å².